The van der Waals surface area contributed by atoms with Gasteiger partial charge in [0.05, 0.1) is 5.25 Å². The highest BCUT2D eigenvalue weighted by Crippen LogP contribution is 2.28. The zero-order valence-electron chi connectivity index (χ0n) is 13.4. The van der Waals surface area contributed by atoms with Gasteiger partial charge in [-0.05, 0) is 44.0 Å². The molecule has 0 bridgehead atoms. The van der Waals surface area contributed by atoms with Gasteiger partial charge in [-0.2, -0.15) is 0 Å². The largest absolute Gasteiger partial charge is 0.352 e. The minimum absolute atomic E-state index is 0.0129. The minimum Gasteiger partial charge on any atom is -0.352 e. The lowest BCUT2D eigenvalue weighted by atomic mass is 10.2. The molecule has 0 aliphatic heterocycles. The molecule has 2 aromatic rings. The van der Waals surface area contributed by atoms with E-state index in [2.05, 4.69) is 22.1 Å². The van der Waals surface area contributed by atoms with Gasteiger partial charge in [0.15, 0.2) is 11.0 Å². The molecule has 126 valence electrons. The molecule has 1 aliphatic rings. The maximum absolute atomic E-state index is 13.1. The summed E-state index contributed by atoms with van der Waals surface area (Å²) in [5.74, 6) is 0.347. The predicted octanol–water partition coefficient (Wildman–Crippen LogP) is 3.03. The molecular formula is C17H19FN4OS. The van der Waals surface area contributed by atoms with Crippen molar-refractivity contribution in [3.63, 3.8) is 0 Å². The van der Waals surface area contributed by atoms with Crippen LogP contribution in [0.15, 0.2) is 42.1 Å². The molecule has 24 heavy (non-hydrogen) atoms. The monoisotopic (exact) mass is 346 g/mol. The summed E-state index contributed by atoms with van der Waals surface area (Å²) in [4.78, 5) is 12.1. The molecule has 7 heteroatoms. The molecule has 1 atom stereocenters. The molecule has 0 unspecified atom stereocenters. The molecule has 0 radical (unpaired) electrons. The van der Waals surface area contributed by atoms with Crippen LogP contribution < -0.4 is 5.32 Å². The first kappa shape index (κ1) is 16.7. The summed E-state index contributed by atoms with van der Waals surface area (Å²) in [7, 11) is 0. The van der Waals surface area contributed by atoms with Crippen molar-refractivity contribution in [1.29, 1.82) is 0 Å². The summed E-state index contributed by atoms with van der Waals surface area (Å²) in [6.07, 6.45) is 3.87. The van der Waals surface area contributed by atoms with Crippen LogP contribution in [0.2, 0.25) is 0 Å². The number of hydrogen-bond acceptors (Lipinski definition) is 4. The number of carbonyl (C=O) groups is 1. The van der Waals surface area contributed by atoms with E-state index < -0.39 is 0 Å². The Balaban J connectivity index is 1.81. The number of benzene rings is 1. The van der Waals surface area contributed by atoms with Crippen molar-refractivity contribution in [2.75, 3.05) is 0 Å². The Bertz CT molecular complexity index is 740. The number of carbonyl (C=O) groups excluding carboxylic acids is 1. The van der Waals surface area contributed by atoms with E-state index in [1.54, 1.807) is 18.2 Å². The average molecular weight is 346 g/mol. The summed E-state index contributed by atoms with van der Waals surface area (Å²) in [5.41, 5.74) is 0.771. The highest BCUT2D eigenvalue weighted by atomic mass is 32.2. The van der Waals surface area contributed by atoms with E-state index in [9.17, 15) is 9.18 Å². The van der Waals surface area contributed by atoms with Crippen LogP contribution in [0.3, 0.4) is 0 Å². The van der Waals surface area contributed by atoms with Crippen molar-refractivity contribution in [2.24, 2.45) is 0 Å². The van der Waals surface area contributed by atoms with Gasteiger partial charge in [-0.15, -0.1) is 16.8 Å². The number of hydrogen-bond donors (Lipinski definition) is 1. The van der Waals surface area contributed by atoms with Crippen molar-refractivity contribution >= 4 is 17.7 Å². The Morgan fingerprint density at radius 1 is 1.46 bits per heavy atom. The lowest BCUT2D eigenvalue weighted by Gasteiger charge is -2.12. The number of amides is 1. The van der Waals surface area contributed by atoms with Crippen LogP contribution in [0.1, 0.15) is 19.8 Å². The maximum Gasteiger partial charge on any atom is 0.233 e. The first-order valence-electron chi connectivity index (χ1n) is 7.85. The van der Waals surface area contributed by atoms with Crippen molar-refractivity contribution in [3.8, 4) is 11.4 Å². The fourth-order valence-electron chi connectivity index (χ4n) is 2.24. The fraction of sp³-hybridized carbons (Fsp3) is 0.353. The quantitative estimate of drug-likeness (QED) is 0.618. The molecule has 1 amide bonds. The van der Waals surface area contributed by atoms with E-state index in [4.69, 9.17) is 0 Å². The zero-order valence-corrected chi connectivity index (χ0v) is 14.2. The number of nitrogens with zero attached hydrogens (tertiary/aromatic N) is 3. The molecule has 1 N–H and O–H groups in total. The van der Waals surface area contributed by atoms with Gasteiger partial charge in [-0.1, -0.05) is 17.8 Å². The molecule has 1 aromatic carbocycles. The van der Waals surface area contributed by atoms with Crippen LogP contribution in [-0.2, 0) is 11.3 Å². The zero-order chi connectivity index (χ0) is 17.1. The lowest BCUT2D eigenvalue weighted by molar-refractivity contribution is -0.120. The first-order chi connectivity index (χ1) is 11.6. The first-order valence-corrected chi connectivity index (χ1v) is 8.73. The molecule has 1 heterocycles. The molecule has 0 spiro atoms. The van der Waals surface area contributed by atoms with Gasteiger partial charge in [0.25, 0.3) is 0 Å². The summed E-state index contributed by atoms with van der Waals surface area (Å²) in [5, 5.41) is 11.8. The number of nitrogens with one attached hydrogen (secondary N) is 1. The van der Waals surface area contributed by atoms with E-state index in [1.165, 1.54) is 23.9 Å². The number of aromatic nitrogens is 3. The summed E-state index contributed by atoms with van der Waals surface area (Å²) >= 11 is 1.36. The van der Waals surface area contributed by atoms with E-state index in [1.807, 2.05) is 11.5 Å². The number of allylic oxidation sites excluding steroid dienone is 1. The number of rotatable bonds is 7. The SMILES string of the molecule is C=CCn1c(S[C@@H](C)C(=O)NC2CC2)nnc1-c1ccc(F)cc1. The Morgan fingerprint density at radius 3 is 2.79 bits per heavy atom. The van der Waals surface area contributed by atoms with Crippen molar-refractivity contribution < 1.29 is 9.18 Å². The van der Waals surface area contributed by atoms with Crippen molar-refractivity contribution in [3.05, 3.63) is 42.7 Å². The molecule has 1 aromatic heterocycles. The highest BCUT2D eigenvalue weighted by Gasteiger charge is 2.27. The normalized spacial score (nSPS) is 15.1. The molecular weight excluding hydrogens is 327 g/mol. The van der Waals surface area contributed by atoms with Crippen molar-refractivity contribution in [1.82, 2.24) is 20.1 Å². The van der Waals surface area contributed by atoms with Gasteiger partial charge in [-0.3, -0.25) is 9.36 Å². The second-order valence-corrected chi connectivity index (χ2v) is 7.06. The predicted molar refractivity (Wildman–Crippen MR) is 92.1 cm³/mol. The molecule has 1 fully saturated rings. The van der Waals surface area contributed by atoms with E-state index >= 15 is 0 Å². The second-order valence-electron chi connectivity index (χ2n) is 5.76. The number of halogens is 1. The summed E-state index contributed by atoms with van der Waals surface area (Å²) < 4.78 is 15.0. The third-order valence-corrected chi connectivity index (χ3v) is 4.79. The van der Waals surface area contributed by atoms with Gasteiger partial charge in [0, 0.05) is 18.2 Å². The molecule has 1 saturated carbocycles. The van der Waals surface area contributed by atoms with E-state index in [-0.39, 0.29) is 17.0 Å². The third-order valence-electron chi connectivity index (χ3n) is 3.71. The van der Waals surface area contributed by atoms with Crippen LogP contribution in [0.4, 0.5) is 4.39 Å². The van der Waals surface area contributed by atoms with Gasteiger partial charge in [0.1, 0.15) is 5.82 Å². The summed E-state index contributed by atoms with van der Waals surface area (Å²) in [6.45, 7) is 6.13. The Kier molecular flexibility index (Phi) is 4.99. The van der Waals surface area contributed by atoms with E-state index in [0.29, 0.717) is 23.6 Å². The Hall–Kier alpha value is -2.15. The standard InChI is InChI=1S/C17H19FN4OS/c1-3-10-22-15(12-4-6-13(18)7-5-12)20-21-17(22)24-11(2)16(23)19-14-8-9-14/h3-7,11,14H,1,8-10H2,2H3,(H,19,23)/t11-/m0/s1. The molecule has 3 rings (SSSR count). The van der Waals surface area contributed by atoms with Crippen LogP contribution in [0.25, 0.3) is 11.4 Å². The maximum atomic E-state index is 13.1. The smallest absolute Gasteiger partial charge is 0.233 e. The average Bonchev–Trinajstić information content (AvgIpc) is 3.30. The fourth-order valence-corrected chi connectivity index (χ4v) is 3.11. The lowest BCUT2D eigenvalue weighted by Crippen LogP contribution is -2.32. The van der Waals surface area contributed by atoms with Gasteiger partial charge < -0.3 is 5.32 Å². The third kappa shape index (κ3) is 3.84. The molecule has 0 saturated heterocycles. The molecule has 1 aliphatic carbocycles. The Morgan fingerprint density at radius 2 is 2.17 bits per heavy atom. The van der Waals surface area contributed by atoms with E-state index in [0.717, 1.165) is 18.4 Å². The van der Waals surface area contributed by atoms with Gasteiger partial charge in [0.2, 0.25) is 5.91 Å². The van der Waals surface area contributed by atoms with Crippen LogP contribution in [-0.4, -0.2) is 32.0 Å². The van der Waals surface area contributed by atoms with Crippen LogP contribution >= 0.6 is 11.8 Å². The minimum atomic E-state index is -0.298. The Labute approximate surface area is 144 Å². The second kappa shape index (κ2) is 7.17. The highest BCUT2D eigenvalue weighted by molar-refractivity contribution is 8.00. The van der Waals surface area contributed by atoms with Gasteiger partial charge >= 0.3 is 0 Å². The van der Waals surface area contributed by atoms with Crippen LogP contribution in [0.5, 0.6) is 0 Å². The van der Waals surface area contributed by atoms with Gasteiger partial charge in [-0.25, -0.2) is 4.39 Å². The van der Waals surface area contributed by atoms with Crippen molar-refractivity contribution in [2.45, 2.75) is 42.8 Å². The summed E-state index contributed by atoms with van der Waals surface area (Å²) in [6, 6.07) is 6.44. The van der Waals surface area contributed by atoms with Crippen LogP contribution in [0, 0.1) is 5.82 Å². The topological polar surface area (TPSA) is 59.8 Å². The number of thioether (sulfide) groups is 1. The molecule has 5 nitrogen and oxygen atoms in total.